The molecule has 0 heterocycles. The lowest BCUT2D eigenvalue weighted by molar-refractivity contribution is 0.0697. The summed E-state index contributed by atoms with van der Waals surface area (Å²) in [5.74, 6) is -1.12. The lowest BCUT2D eigenvalue weighted by Gasteiger charge is -2.11. The Hall–Kier alpha value is -1.20. The Morgan fingerprint density at radius 2 is 1.88 bits per heavy atom. The number of carboxylic acids is 1. The van der Waals surface area contributed by atoms with Crippen molar-refractivity contribution >= 4 is 18.9 Å². The molecule has 0 amide bonds. The summed E-state index contributed by atoms with van der Waals surface area (Å²) in [4.78, 5) is 20.0. The zero-order valence-electron chi connectivity index (χ0n) is 8.24. The van der Waals surface area contributed by atoms with Crippen LogP contribution in [0.4, 0.5) is 0 Å². The van der Waals surface area contributed by atoms with Gasteiger partial charge in [-0.3, -0.25) is 4.57 Å². The third-order valence-corrected chi connectivity index (χ3v) is 3.28. The molecule has 7 heteroatoms. The summed E-state index contributed by atoms with van der Waals surface area (Å²) in [5, 5.41) is 17.1. The minimum atomic E-state index is -3.96. The predicted molar refractivity (Wildman–Crippen MR) is 55.9 cm³/mol. The Morgan fingerprint density at radius 3 is 2.31 bits per heavy atom. The molecule has 1 rings (SSSR count). The van der Waals surface area contributed by atoms with Gasteiger partial charge in [0.05, 0.1) is 24.1 Å². The summed E-state index contributed by atoms with van der Waals surface area (Å²) in [5.41, 5.74) is 0.0194. The quantitative estimate of drug-likeness (QED) is 0.641. The molecule has 16 heavy (non-hydrogen) atoms. The molecule has 0 aliphatic heterocycles. The van der Waals surface area contributed by atoms with Crippen molar-refractivity contribution in [2.45, 2.75) is 0 Å². The monoisotopic (exact) mass is 246 g/mol. The molecular formula is C9H11O6P. The molecule has 1 atom stereocenters. The molecule has 88 valence electrons. The smallest absolute Gasteiger partial charge is 0.358 e. The summed E-state index contributed by atoms with van der Waals surface area (Å²) >= 11 is 0. The molecule has 1 aromatic rings. The highest BCUT2D eigenvalue weighted by Crippen LogP contribution is 2.40. The molecule has 0 aliphatic rings. The maximum atomic E-state index is 11.5. The van der Waals surface area contributed by atoms with Crippen LogP contribution in [0.1, 0.15) is 10.4 Å². The molecule has 3 N–H and O–H groups in total. The van der Waals surface area contributed by atoms with Crippen LogP contribution in [0.25, 0.3) is 0 Å². The van der Waals surface area contributed by atoms with Gasteiger partial charge in [-0.25, -0.2) is 4.79 Å². The molecule has 6 nitrogen and oxygen atoms in total. The van der Waals surface area contributed by atoms with Crippen molar-refractivity contribution in [3.8, 4) is 0 Å². The Kier molecular flexibility index (Phi) is 4.20. The van der Waals surface area contributed by atoms with Crippen LogP contribution in [0.3, 0.4) is 0 Å². The van der Waals surface area contributed by atoms with E-state index in [1.165, 1.54) is 24.3 Å². The normalized spacial score (nSPS) is 14.4. The number of aliphatic hydroxyl groups is 1. The summed E-state index contributed by atoms with van der Waals surface area (Å²) in [6.07, 6.45) is 0. The fourth-order valence-electron chi connectivity index (χ4n) is 1.03. The number of carboxylic acid groups (broad SMARTS) is 1. The minimum absolute atomic E-state index is 0.00838. The predicted octanol–water partition coefficient (Wildman–Crippen LogP) is 0.204. The number of rotatable bonds is 5. The maximum absolute atomic E-state index is 11.5. The van der Waals surface area contributed by atoms with Gasteiger partial charge in [0.25, 0.3) is 0 Å². The molecule has 0 saturated heterocycles. The van der Waals surface area contributed by atoms with Gasteiger partial charge >= 0.3 is 13.6 Å². The number of carbonyl (C=O) groups is 1. The van der Waals surface area contributed by atoms with Gasteiger partial charge in [-0.15, -0.1) is 0 Å². The van der Waals surface area contributed by atoms with Crippen molar-refractivity contribution in [1.82, 2.24) is 0 Å². The first-order valence-corrected chi connectivity index (χ1v) is 5.97. The van der Waals surface area contributed by atoms with Gasteiger partial charge in [-0.05, 0) is 24.3 Å². The number of hydrogen-bond donors (Lipinski definition) is 3. The van der Waals surface area contributed by atoms with Crippen molar-refractivity contribution < 1.29 is 29.0 Å². The molecule has 0 bridgehead atoms. The first-order chi connectivity index (χ1) is 7.47. The molecular weight excluding hydrogens is 235 g/mol. The Labute approximate surface area is 91.6 Å². The fourth-order valence-corrected chi connectivity index (χ4v) is 2.04. The minimum Gasteiger partial charge on any atom is -0.478 e. The number of aromatic carboxylic acids is 1. The van der Waals surface area contributed by atoms with Gasteiger partial charge in [0.2, 0.25) is 0 Å². The average Bonchev–Trinajstić information content (AvgIpc) is 2.26. The summed E-state index contributed by atoms with van der Waals surface area (Å²) in [7, 11) is -3.96. The first kappa shape index (κ1) is 12.9. The lowest BCUT2D eigenvalue weighted by atomic mass is 10.2. The van der Waals surface area contributed by atoms with Crippen LogP contribution in [0, 0.1) is 0 Å². The Balaban J connectivity index is 2.88. The van der Waals surface area contributed by atoms with Crippen LogP contribution < -0.4 is 5.30 Å². The van der Waals surface area contributed by atoms with E-state index >= 15 is 0 Å². The molecule has 0 saturated carbocycles. The van der Waals surface area contributed by atoms with E-state index in [2.05, 4.69) is 4.52 Å². The van der Waals surface area contributed by atoms with E-state index in [4.69, 9.17) is 10.2 Å². The zero-order valence-corrected chi connectivity index (χ0v) is 9.13. The third kappa shape index (κ3) is 3.15. The Morgan fingerprint density at radius 1 is 1.31 bits per heavy atom. The van der Waals surface area contributed by atoms with Gasteiger partial charge in [0, 0.05) is 0 Å². The highest BCUT2D eigenvalue weighted by atomic mass is 31.2. The average molecular weight is 246 g/mol. The second-order valence-corrected chi connectivity index (χ2v) is 4.74. The van der Waals surface area contributed by atoms with E-state index in [1.807, 2.05) is 0 Å². The maximum Gasteiger partial charge on any atom is 0.358 e. The molecule has 1 unspecified atom stereocenters. The molecule has 0 aliphatic carbocycles. The fraction of sp³-hybridized carbons (Fsp3) is 0.222. The topological polar surface area (TPSA) is 104 Å². The van der Waals surface area contributed by atoms with Crippen molar-refractivity contribution in [2.75, 3.05) is 13.2 Å². The zero-order chi connectivity index (χ0) is 12.2. The van der Waals surface area contributed by atoms with E-state index < -0.39 is 13.6 Å². The number of aliphatic hydroxyl groups excluding tert-OH is 1. The van der Waals surface area contributed by atoms with Gasteiger partial charge in [0.1, 0.15) is 0 Å². The van der Waals surface area contributed by atoms with Gasteiger partial charge in [0.15, 0.2) is 0 Å². The first-order valence-electron chi connectivity index (χ1n) is 4.39. The van der Waals surface area contributed by atoms with E-state index in [9.17, 15) is 14.3 Å². The standard InChI is InChI=1S/C9H11O6P/c10-5-6-15-16(13,14)8-3-1-7(2-4-8)9(11)12/h1-4,10H,5-6H2,(H,11,12)(H,13,14). The van der Waals surface area contributed by atoms with Crippen LogP contribution in [0.5, 0.6) is 0 Å². The summed E-state index contributed by atoms with van der Waals surface area (Å²) < 4.78 is 16.1. The molecule has 0 fully saturated rings. The van der Waals surface area contributed by atoms with E-state index in [0.717, 1.165) is 0 Å². The molecule has 0 aromatic heterocycles. The van der Waals surface area contributed by atoms with E-state index in [1.54, 1.807) is 0 Å². The molecule has 1 aromatic carbocycles. The third-order valence-electron chi connectivity index (χ3n) is 1.80. The van der Waals surface area contributed by atoms with E-state index in [0.29, 0.717) is 0 Å². The highest BCUT2D eigenvalue weighted by molar-refractivity contribution is 7.61. The van der Waals surface area contributed by atoms with Crippen LogP contribution >= 0.6 is 7.60 Å². The van der Waals surface area contributed by atoms with Crippen LogP contribution in [-0.2, 0) is 9.09 Å². The van der Waals surface area contributed by atoms with Crippen LogP contribution in [0.15, 0.2) is 24.3 Å². The molecule has 0 spiro atoms. The van der Waals surface area contributed by atoms with Crippen molar-refractivity contribution in [1.29, 1.82) is 0 Å². The van der Waals surface area contributed by atoms with E-state index in [-0.39, 0.29) is 24.1 Å². The molecule has 0 radical (unpaired) electrons. The van der Waals surface area contributed by atoms with Gasteiger partial charge in [-0.1, -0.05) is 0 Å². The Bertz CT molecular complexity index is 413. The lowest BCUT2D eigenvalue weighted by Crippen LogP contribution is -2.10. The second-order valence-electron chi connectivity index (χ2n) is 2.93. The van der Waals surface area contributed by atoms with Crippen molar-refractivity contribution in [2.24, 2.45) is 0 Å². The summed E-state index contributed by atoms with van der Waals surface area (Å²) in [6.45, 7) is -0.619. The van der Waals surface area contributed by atoms with Crippen LogP contribution in [0.2, 0.25) is 0 Å². The number of benzene rings is 1. The van der Waals surface area contributed by atoms with Crippen molar-refractivity contribution in [3.05, 3.63) is 29.8 Å². The summed E-state index contributed by atoms with van der Waals surface area (Å²) in [6, 6.07) is 4.84. The van der Waals surface area contributed by atoms with Crippen LogP contribution in [-0.4, -0.2) is 34.3 Å². The largest absolute Gasteiger partial charge is 0.478 e. The SMILES string of the molecule is O=C(O)c1ccc(P(=O)(O)OCCO)cc1. The second kappa shape index (κ2) is 5.23. The van der Waals surface area contributed by atoms with Gasteiger partial charge in [-0.2, -0.15) is 0 Å². The highest BCUT2D eigenvalue weighted by Gasteiger charge is 2.22. The van der Waals surface area contributed by atoms with Gasteiger partial charge < -0.3 is 19.6 Å². The van der Waals surface area contributed by atoms with Crippen molar-refractivity contribution in [3.63, 3.8) is 0 Å². The number of hydrogen-bond acceptors (Lipinski definition) is 4.